The number of hydrogen-bond acceptors (Lipinski definition) is 2. The lowest BCUT2D eigenvalue weighted by molar-refractivity contribution is 0.308. The molecule has 1 N–H and O–H groups in total. The summed E-state index contributed by atoms with van der Waals surface area (Å²) in [4.78, 5) is 0. The molecule has 1 aliphatic carbocycles. The molecule has 6 rings (SSSR count). The van der Waals surface area contributed by atoms with E-state index in [0.29, 0.717) is 17.9 Å². The van der Waals surface area contributed by atoms with Crippen molar-refractivity contribution in [3.63, 3.8) is 0 Å². The summed E-state index contributed by atoms with van der Waals surface area (Å²) in [6.07, 6.45) is 8.14. The maximum Gasteiger partial charge on any atom is 0.119 e. The van der Waals surface area contributed by atoms with E-state index in [-0.39, 0.29) is 0 Å². The molecule has 3 heteroatoms. The summed E-state index contributed by atoms with van der Waals surface area (Å²) < 4.78 is 8.45. The third-order valence-corrected chi connectivity index (χ3v) is 7.57. The van der Waals surface area contributed by atoms with E-state index in [9.17, 15) is 0 Å². The van der Waals surface area contributed by atoms with Crippen molar-refractivity contribution in [3.8, 4) is 5.75 Å². The van der Waals surface area contributed by atoms with Gasteiger partial charge in [-0.3, -0.25) is 0 Å². The number of para-hydroxylation sites is 1. The number of ether oxygens (including phenoxy) is 1. The number of benzene rings is 3. The highest BCUT2D eigenvalue weighted by atomic mass is 16.5. The highest BCUT2D eigenvalue weighted by molar-refractivity contribution is 6.08. The van der Waals surface area contributed by atoms with Crippen LogP contribution >= 0.6 is 0 Å². The molecule has 0 fully saturated rings. The molecule has 4 aromatic rings. The van der Waals surface area contributed by atoms with Gasteiger partial charge in [-0.1, -0.05) is 49.8 Å². The molecule has 3 atom stereocenters. The van der Waals surface area contributed by atoms with E-state index in [4.69, 9.17) is 4.74 Å². The van der Waals surface area contributed by atoms with Crippen LogP contribution in [-0.2, 0) is 6.54 Å². The molecule has 1 aromatic heterocycles. The SMILES string of the molecule is CCCCOc1ccc2c(c1)C1C=CCC1C(c1ccc3c(c1)c1ccccc1n3CC)N2. The van der Waals surface area contributed by atoms with Gasteiger partial charge in [0.15, 0.2) is 0 Å². The molecule has 2 heterocycles. The first-order valence-corrected chi connectivity index (χ1v) is 12.5. The van der Waals surface area contributed by atoms with Crippen molar-refractivity contribution in [1.29, 1.82) is 0 Å². The average molecular weight is 437 g/mol. The zero-order valence-corrected chi connectivity index (χ0v) is 19.6. The van der Waals surface area contributed by atoms with Crippen molar-refractivity contribution < 1.29 is 4.74 Å². The minimum atomic E-state index is 0.303. The Hall–Kier alpha value is -3.20. The Kier molecular flexibility index (Phi) is 5.13. The van der Waals surface area contributed by atoms with Gasteiger partial charge in [0.2, 0.25) is 0 Å². The van der Waals surface area contributed by atoms with Gasteiger partial charge in [0.05, 0.1) is 12.6 Å². The first kappa shape index (κ1) is 20.4. The molecule has 3 unspecified atom stereocenters. The second kappa shape index (κ2) is 8.30. The van der Waals surface area contributed by atoms with Crippen LogP contribution in [0.25, 0.3) is 21.8 Å². The molecule has 168 valence electrons. The number of nitrogens with zero attached hydrogens (tertiary/aromatic N) is 1. The maximum absolute atomic E-state index is 6.02. The van der Waals surface area contributed by atoms with Crippen LogP contribution in [0.4, 0.5) is 5.69 Å². The molecule has 0 radical (unpaired) electrons. The van der Waals surface area contributed by atoms with Crippen LogP contribution in [-0.4, -0.2) is 11.2 Å². The lowest BCUT2D eigenvalue weighted by atomic mass is 9.77. The van der Waals surface area contributed by atoms with E-state index in [1.54, 1.807) is 0 Å². The summed E-state index contributed by atoms with van der Waals surface area (Å²) >= 11 is 0. The predicted octanol–water partition coefficient (Wildman–Crippen LogP) is 7.82. The minimum Gasteiger partial charge on any atom is -0.494 e. The maximum atomic E-state index is 6.02. The summed E-state index contributed by atoms with van der Waals surface area (Å²) in [7, 11) is 0. The number of anilines is 1. The molecule has 0 spiro atoms. The van der Waals surface area contributed by atoms with Crippen LogP contribution in [0.5, 0.6) is 5.75 Å². The molecule has 1 aliphatic heterocycles. The van der Waals surface area contributed by atoms with Crippen LogP contribution in [0.15, 0.2) is 72.8 Å². The highest BCUT2D eigenvalue weighted by Gasteiger charge is 2.38. The Bertz CT molecular complexity index is 1350. The van der Waals surface area contributed by atoms with E-state index in [2.05, 4.69) is 96.5 Å². The third kappa shape index (κ3) is 3.33. The number of aromatic nitrogens is 1. The number of allylic oxidation sites excluding steroid dienone is 2. The number of hydrogen-bond donors (Lipinski definition) is 1. The van der Waals surface area contributed by atoms with Gasteiger partial charge in [-0.05, 0) is 73.2 Å². The fourth-order valence-corrected chi connectivity index (χ4v) is 5.93. The van der Waals surface area contributed by atoms with E-state index in [1.807, 2.05) is 0 Å². The number of rotatable bonds is 6. The summed E-state index contributed by atoms with van der Waals surface area (Å²) in [5, 5.41) is 6.62. The van der Waals surface area contributed by atoms with E-state index in [0.717, 1.165) is 38.2 Å². The van der Waals surface area contributed by atoms with Gasteiger partial charge in [-0.15, -0.1) is 0 Å². The standard InChI is InChI=1S/C30H32N2O/c1-3-5-17-33-21-14-15-27-25(19-21)22-10-8-11-24(22)30(31-27)20-13-16-29-26(18-20)23-9-6-7-12-28(23)32(29)4-2/h6-10,12-16,18-19,22,24,30-31H,3-5,11,17H2,1-2H3. The lowest BCUT2D eigenvalue weighted by Gasteiger charge is -2.37. The number of aryl methyl sites for hydroxylation is 1. The summed E-state index contributed by atoms with van der Waals surface area (Å²) in [6.45, 7) is 6.20. The van der Waals surface area contributed by atoms with Crippen molar-refractivity contribution in [2.24, 2.45) is 5.92 Å². The Morgan fingerprint density at radius 3 is 2.73 bits per heavy atom. The second-order valence-corrected chi connectivity index (χ2v) is 9.46. The predicted molar refractivity (Wildman–Crippen MR) is 138 cm³/mol. The first-order chi connectivity index (χ1) is 16.3. The molecule has 0 amide bonds. The van der Waals surface area contributed by atoms with Gasteiger partial charge in [0, 0.05) is 40.0 Å². The van der Waals surface area contributed by atoms with Crippen molar-refractivity contribution in [1.82, 2.24) is 4.57 Å². The van der Waals surface area contributed by atoms with Gasteiger partial charge in [-0.25, -0.2) is 0 Å². The van der Waals surface area contributed by atoms with E-state index >= 15 is 0 Å². The van der Waals surface area contributed by atoms with Crippen LogP contribution in [0, 0.1) is 5.92 Å². The summed E-state index contributed by atoms with van der Waals surface area (Å²) in [6, 6.07) is 22.8. The zero-order chi connectivity index (χ0) is 22.4. The van der Waals surface area contributed by atoms with Crippen molar-refractivity contribution in [3.05, 3.63) is 83.9 Å². The monoisotopic (exact) mass is 436 g/mol. The molecule has 0 saturated heterocycles. The van der Waals surface area contributed by atoms with Crippen LogP contribution < -0.4 is 10.1 Å². The molecule has 33 heavy (non-hydrogen) atoms. The van der Waals surface area contributed by atoms with Crippen molar-refractivity contribution in [2.45, 2.75) is 51.6 Å². The third-order valence-electron chi connectivity index (χ3n) is 7.57. The molecule has 2 aliphatic rings. The first-order valence-electron chi connectivity index (χ1n) is 12.5. The smallest absolute Gasteiger partial charge is 0.119 e. The fourth-order valence-electron chi connectivity index (χ4n) is 5.93. The molecule has 3 nitrogen and oxygen atoms in total. The minimum absolute atomic E-state index is 0.303. The molecular formula is C30H32N2O. The van der Waals surface area contributed by atoms with Crippen molar-refractivity contribution in [2.75, 3.05) is 11.9 Å². The van der Waals surface area contributed by atoms with Gasteiger partial charge in [0.1, 0.15) is 5.75 Å². The average Bonchev–Trinajstić information content (AvgIpc) is 3.47. The molecular weight excluding hydrogens is 404 g/mol. The van der Waals surface area contributed by atoms with Crippen molar-refractivity contribution >= 4 is 27.5 Å². The van der Waals surface area contributed by atoms with Gasteiger partial charge in [0.25, 0.3) is 0 Å². The summed E-state index contributed by atoms with van der Waals surface area (Å²) in [5.74, 6) is 1.96. The normalized spacial score (nSPS) is 21.2. The number of fused-ring (bicyclic) bond motifs is 6. The highest BCUT2D eigenvalue weighted by Crippen LogP contribution is 2.51. The molecule has 0 bridgehead atoms. The Morgan fingerprint density at radius 2 is 1.85 bits per heavy atom. The van der Waals surface area contributed by atoms with Gasteiger partial charge in [-0.2, -0.15) is 0 Å². The Balaban J connectivity index is 1.39. The van der Waals surface area contributed by atoms with E-state index in [1.165, 1.54) is 38.6 Å². The largest absolute Gasteiger partial charge is 0.494 e. The zero-order valence-electron chi connectivity index (χ0n) is 19.6. The molecule has 0 saturated carbocycles. The lowest BCUT2D eigenvalue weighted by Crippen LogP contribution is -2.29. The number of nitrogens with one attached hydrogen (secondary N) is 1. The second-order valence-electron chi connectivity index (χ2n) is 9.46. The fraction of sp³-hybridized carbons (Fsp3) is 0.333. The topological polar surface area (TPSA) is 26.2 Å². The number of unbranched alkanes of at least 4 members (excludes halogenated alkanes) is 1. The Morgan fingerprint density at radius 1 is 0.970 bits per heavy atom. The van der Waals surface area contributed by atoms with Crippen LogP contribution in [0.2, 0.25) is 0 Å². The van der Waals surface area contributed by atoms with Crippen LogP contribution in [0.1, 0.15) is 56.2 Å². The van der Waals surface area contributed by atoms with Gasteiger partial charge < -0.3 is 14.6 Å². The Labute approximate surface area is 196 Å². The van der Waals surface area contributed by atoms with E-state index < -0.39 is 0 Å². The van der Waals surface area contributed by atoms with Gasteiger partial charge >= 0.3 is 0 Å². The summed E-state index contributed by atoms with van der Waals surface area (Å²) in [5.41, 5.74) is 6.65. The van der Waals surface area contributed by atoms with Crippen LogP contribution in [0.3, 0.4) is 0 Å². The quantitative estimate of drug-likeness (QED) is 0.246. The molecule has 3 aromatic carbocycles.